The van der Waals surface area contributed by atoms with Gasteiger partial charge in [-0.15, -0.1) is 0 Å². The van der Waals surface area contributed by atoms with Crippen LogP contribution in [0.1, 0.15) is 52.4 Å². The molecule has 1 saturated carbocycles. The van der Waals surface area contributed by atoms with Crippen LogP contribution in [0, 0.1) is 5.41 Å². The average molecular weight is 242 g/mol. The van der Waals surface area contributed by atoms with Crippen LogP contribution in [-0.4, -0.2) is 42.3 Å². The Labute approximate surface area is 106 Å². The predicted molar refractivity (Wildman–Crippen MR) is 73.0 cm³/mol. The van der Waals surface area contributed by atoms with E-state index < -0.39 is 0 Å². The van der Waals surface area contributed by atoms with Crippen LogP contribution >= 0.6 is 0 Å². The van der Waals surface area contributed by atoms with Gasteiger partial charge in [0.1, 0.15) is 0 Å². The summed E-state index contributed by atoms with van der Waals surface area (Å²) in [6.45, 7) is 7.37. The molecule has 0 radical (unpaired) electrons. The quantitative estimate of drug-likeness (QED) is 0.684. The van der Waals surface area contributed by atoms with Crippen LogP contribution in [0.4, 0.5) is 0 Å². The minimum atomic E-state index is 0.248. The Bertz CT molecular complexity index is 190. The van der Waals surface area contributed by atoms with Gasteiger partial charge in [-0.2, -0.15) is 0 Å². The molecule has 0 bridgehead atoms. The molecule has 0 spiro atoms. The summed E-state index contributed by atoms with van der Waals surface area (Å²) >= 11 is 0. The lowest BCUT2D eigenvalue weighted by molar-refractivity contribution is 0.0861. The van der Waals surface area contributed by atoms with Gasteiger partial charge in [0.15, 0.2) is 0 Å². The van der Waals surface area contributed by atoms with E-state index in [4.69, 9.17) is 5.73 Å². The molecule has 0 aromatic heterocycles. The largest absolute Gasteiger partial charge is 0.395 e. The number of hydrogen-bond donors (Lipinski definition) is 2. The van der Waals surface area contributed by atoms with Crippen molar-refractivity contribution in [3.63, 3.8) is 0 Å². The highest BCUT2D eigenvalue weighted by molar-refractivity contribution is 4.86. The Balaban J connectivity index is 2.62. The summed E-state index contributed by atoms with van der Waals surface area (Å²) in [4.78, 5) is 2.49. The van der Waals surface area contributed by atoms with Crippen LogP contribution in [0.25, 0.3) is 0 Å². The van der Waals surface area contributed by atoms with Crippen molar-refractivity contribution in [2.45, 2.75) is 58.4 Å². The molecule has 3 heteroatoms. The highest BCUT2D eigenvalue weighted by Gasteiger charge is 2.31. The first kappa shape index (κ1) is 14.9. The van der Waals surface area contributed by atoms with E-state index in [0.717, 1.165) is 32.5 Å². The van der Waals surface area contributed by atoms with Gasteiger partial charge in [0.05, 0.1) is 6.61 Å². The number of aliphatic hydroxyl groups is 1. The van der Waals surface area contributed by atoms with E-state index in [1.807, 2.05) is 0 Å². The van der Waals surface area contributed by atoms with Crippen molar-refractivity contribution in [1.29, 1.82) is 0 Å². The Morgan fingerprint density at radius 2 is 1.82 bits per heavy atom. The summed E-state index contributed by atoms with van der Waals surface area (Å²) in [5.74, 6) is 0. The molecular formula is C14H30N2O. The van der Waals surface area contributed by atoms with Crippen molar-refractivity contribution < 1.29 is 5.11 Å². The van der Waals surface area contributed by atoms with E-state index >= 15 is 0 Å². The van der Waals surface area contributed by atoms with E-state index in [2.05, 4.69) is 18.7 Å². The fourth-order valence-electron chi connectivity index (χ4n) is 3.05. The zero-order valence-electron chi connectivity index (χ0n) is 11.6. The maximum absolute atomic E-state index is 9.24. The molecule has 1 aliphatic carbocycles. The molecule has 0 aromatic rings. The first-order valence-corrected chi connectivity index (χ1v) is 7.26. The fraction of sp³-hybridized carbons (Fsp3) is 1.00. The highest BCUT2D eigenvalue weighted by Crippen LogP contribution is 2.30. The zero-order valence-corrected chi connectivity index (χ0v) is 11.6. The Kier molecular flexibility index (Phi) is 6.45. The van der Waals surface area contributed by atoms with Gasteiger partial charge in [-0.05, 0) is 37.6 Å². The van der Waals surface area contributed by atoms with Gasteiger partial charge >= 0.3 is 0 Å². The van der Waals surface area contributed by atoms with Gasteiger partial charge in [-0.3, -0.25) is 4.90 Å². The average Bonchev–Trinajstić information content (AvgIpc) is 2.89. The van der Waals surface area contributed by atoms with E-state index in [0.29, 0.717) is 6.04 Å². The van der Waals surface area contributed by atoms with E-state index in [1.165, 1.54) is 25.7 Å². The normalized spacial score (nSPS) is 18.2. The second-order valence-corrected chi connectivity index (χ2v) is 5.54. The van der Waals surface area contributed by atoms with Gasteiger partial charge in [0, 0.05) is 19.1 Å². The molecule has 0 saturated heterocycles. The van der Waals surface area contributed by atoms with Crippen LogP contribution in [0.15, 0.2) is 0 Å². The Morgan fingerprint density at radius 1 is 1.24 bits per heavy atom. The number of hydrogen-bond acceptors (Lipinski definition) is 3. The first-order chi connectivity index (χ1) is 8.21. The van der Waals surface area contributed by atoms with Gasteiger partial charge in [0.25, 0.3) is 0 Å². The van der Waals surface area contributed by atoms with Crippen LogP contribution in [-0.2, 0) is 0 Å². The van der Waals surface area contributed by atoms with E-state index in [9.17, 15) is 5.11 Å². The number of nitrogens with two attached hydrogens (primary N) is 1. The summed E-state index contributed by atoms with van der Waals surface area (Å²) in [5.41, 5.74) is 6.23. The molecule has 17 heavy (non-hydrogen) atoms. The third-order valence-corrected chi connectivity index (χ3v) is 4.70. The number of nitrogens with zero attached hydrogens (tertiary/aromatic N) is 1. The molecular weight excluding hydrogens is 212 g/mol. The Hall–Kier alpha value is -0.120. The topological polar surface area (TPSA) is 49.5 Å². The van der Waals surface area contributed by atoms with Gasteiger partial charge in [0.2, 0.25) is 0 Å². The molecule has 1 fully saturated rings. The molecule has 0 heterocycles. The van der Waals surface area contributed by atoms with Crippen molar-refractivity contribution in [1.82, 2.24) is 4.90 Å². The van der Waals surface area contributed by atoms with Crippen molar-refractivity contribution in [3.8, 4) is 0 Å². The summed E-state index contributed by atoms with van der Waals surface area (Å²) in [5, 5.41) is 9.24. The van der Waals surface area contributed by atoms with Crippen LogP contribution in [0.3, 0.4) is 0 Å². The van der Waals surface area contributed by atoms with Crippen LogP contribution in [0.2, 0.25) is 0 Å². The second kappa shape index (κ2) is 7.34. The zero-order chi connectivity index (χ0) is 12.7. The van der Waals surface area contributed by atoms with E-state index in [1.54, 1.807) is 0 Å². The Morgan fingerprint density at radius 3 is 2.24 bits per heavy atom. The SMILES string of the molecule is CCC(CC)(CN)CN(CCO)C1CCCC1. The predicted octanol–water partition coefficient (Wildman–Crippen LogP) is 1.99. The monoisotopic (exact) mass is 242 g/mol. The van der Waals surface area contributed by atoms with Gasteiger partial charge in [-0.1, -0.05) is 26.7 Å². The van der Waals surface area contributed by atoms with Gasteiger partial charge in [-0.25, -0.2) is 0 Å². The van der Waals surface area contributed by atoms with Crippen molar-refractivity contribution in [3.05, 3.63) is 0 Å². The molecule has 3 nitrogen and oxygen atoms in total. The smallest absolute Gasteiger partial charge is 0.0558 e. The lowest BCUT2D eigenvalue weighted by atomic mass is 9.81. The summed E-state index contributed by atoms with van der Waals surface area (Å²) < 4.78 is 0. The maximum atomic E-state index is 9.24. The molecule has 1 rings (SSSR count). The molecule has 1 aliphatic rings. The molecule has 0 amide bonds. The molecule has 3 N–H and O–H groups in total. The molecule has 0 aromatic carbocycles. The molecule has 0 aliphatic heterocycles. The fourth-order valence-corrected chi connectivity index (χ4v) is 3.05. The van der Waals surface area contributed by atoms with E-state index in [-0.39, 0.29) is 12.0 Å². The maximum Gasteiger partial charge on any atom is 0.0558 e. The van der Waals surface area contributed by atoms with Crippen LogP contribution in [0.5, 0.6) is 0 Å². The lowest BCUT2D eigenvalue weighted by Crippen LogP contribution is -2.46. The third kappa shape index (κ3) is 3.94. The summed E-state index contributed by atoms with van der Waals surface area (Å²) in [7, 11) is 0. The standard InChI is InChI=1S/C14H30N2O/c1-3-14(4-2,11-15)12-16(9-10-17)13-7-5-6-8-13/h13,17H,3-12,15H2,1-2H3. The van der Waals surface area contributed by atoms with Gasteiger partial charge < -0.3 is 10.8 Å². The second-order valence-electron chi connectivity index (χ2n) is 5.54. The number of rotatable bonds is 8. The molecule has 0 unspecified atom stereocenters. The third-order valence-electron chi connectivity index (χ3n) is 4.70. The minimum Gasteiger partial charge on any atom is -0.395 e. The van der Waals surface area contributed by atoms with Crippen molar-refractivity contribution in [2.75, 3.05) is 26.2 Å². The molecule has 0 atom stereocenters. The lowest BCUT2D eigenvalue weighted by Gasteiger charge is -2.39. The minimum absolute atomic E-state index is 0.248. The van der Waals surface area contributed by atoms with Crippen molar-refractivity contribution >= 4 is 0 Å². The summed E-state index contributed by atoms with van der Waals surface area (Å²) in [6, 6.07) is 0.686. The summed E-state index contributed by atoms with van der Waals surface area (Å²) in [6.07, 6.45) is 7.56. The molecule has 102 valence electrons. The first-order valence-electron chi connectivity index (χ1n) is 7.26. The van der Waals surface area contributed by atoms with Crippen molar-refractivity contribution in [2.24, 2.45) is 11.1 Å². The number of aliphatic hydroxyl groups excluding tert-OH is 1. The highest BCUT2D eigenvalue weighted by atomic mass is 16.3. The van der Waals surface area contributed by atoms with Crippen LogP contribution < -0.4 is 5.73 Å².